The predicted molar refractivity (Wildman–Crippen MR) is 53.0 cm³/mol. The molecule has 0 heterocycles. The Balaban J connectivity index is 0. The van der Waals surface area contributed by atoms with Gasteiger partial charge in [0.05, 0.1) is 18.8 Å². The summed E-state index contributed by atoms with van der Waals surface area (Å²) in [7, 11) is 1.65. The lowest BCUT2D eigenvalue weighted by molar-refractivity contribution is 0.00293. The summed E-state index contributed by atoms with van der Waals surface area (Å²) in [6, 6.07) is 0. The third-order valence-corrected chi connectivity index (χ3v) is 1.69. The van der Waals surface area contributed by atoms with Gasteiger partial charge < -0.3 is 25.2 Å². The third kappa shape index (κ3) is 11.8. The second-order valence-corrected chi connectivity index (χ2v) is 3.46. The number of rotatable bonds is 5. The largest absolute Gasteiger partial charge is 0.396 e. The van der Waals surface area contributed by atoms with Crippen molar-refractivity contribution in [3.8, 4) is 0 Å². The molecule has 0 aromatic rings. The summed E-state index contributed by atoms with van der Waals surface area (Å²) >= 11 is 0. The first kappa shape index (κ1) is 16.2. The summed E-state index contributed by atoms with van der Waals surface area (Å²) in [5, 5.41) is 32.5. The van der Waals surface area contributed by atoms with Crippen LogP contribution in [0.2, 0.25) is 0 Å². The van der Waals surface area contributed by atoms with E-state index >= 15 is 0 Å². The second-order valence-electron chi connectivity index (χ2n) is 3.46. The summed E-state index contributed by atoms with van der Waals surface area (Å²) in [4.78, 5) is 0. The summed E-state index contributed by atoms with van der Waals surface area (Å²) in [6.07, 6.45) is -0.256. The zero-order valence-corrected chi connectivity index (χ0v) is 9.10. The highest BCUT2D eigenvalue weighted by Gasteiger charge is 2.13. The number of hydrogen-bond donors (Lipinski definition) is 4. The fourth-order valence-corrected chi connectivity index (χ4v) is 0.429. The molecule has 0 aliphatic rings. The van der Waals surface area contributed by atoms with Crippen LogP contribution < -0.4 is 0 Å². The third-order valence-electron chi connectivity index (χ3n) is 1.69. The standard InChI is InChI=1S/C6H14O2.C3H8O3/c1-6(2,8-3)4-5-7;4-1-3(6)2-5/h7H,4-5H2,1-3H3;3-6H,1-2H2. The van der Waals surface area contributed by atoms with Crippen molar-refractivity contribution in [2.45, 2.75) is 32.0 Å². The highest BCUT2D eigenvalue weighted by atomic mass is 16.5. The van der Waals surface area contributed by atoms with Crippen molar-refractivity contribution < 1.29 is 25.2 Å². The van der Waals surface area contributed by atoms with Crippen LogP contribution in [0.15, 0.2) is 0 Å². The summed E-state index contributed by atoms with van der Waals surface area (Å²) < 4.78 is 5.02. The lowest BCUT2D eigenvalue weighted by atomic mass is 10.1. The van der Waals surface area contributed by atoms with E-state index in [1.54, 1.807) is 7.11 Å². The van der Waals surface area contributed by atoms with Crippen LogP contribution in [0.4, 0.5) is 0 Å². The molecular formula is C9H22O5. The van der Waals surface area contributed by atoms with Gasteiger partial charge in [0, 0.05) is 13.7 Å². The molecule has 88 valence electrons. The average molecular weight is 210 g/mol. The Morgan fingerprint density at radius 2 is 1.57 bits per heavy atom. The molecule has 4 N–H and O–H groups in total. The fraction of sp³-hybridized carbons (Fsp3) is 1.00. The maximum Gasteiger partial charge on any atom is 0.100 e. The number of aliphatic hydroxyl groups excluding tert-OH is 4. The molecule has 0 spiro atoms. The Labute approximate surface area is 85.0 Å². The SMILES string of the molecule is COC(C)(C)CCO.OCC(O)CO. The summed E-state index contributed by atoms with van der Waals surface area (Å²) in [6.45, 7) is 3.36. The summed E-state index contributed by atoms with van der Waals surface area (Å²) in [5.74, 6) is 0. The first-order valence-corrected chi connectivity index (χ1v) is 4.49. The fourth-order valence-electron chi connectivity index (χ4n) is 0.429. The van der Waals surface area contributed by atoms with Gasteiger partial charge in [0.15, 0.2) is 0 Å². The molecule has 0 saturated carbocycles. The first-order chi connectivity index (χ1) is 6.43. The van der Waals surface area contributed by atoms with Crippen LogP contribution in [-0.2, 0) is 4.74 Å². The van der Waals surface area contributed by atoms with Crippen molar-refractivity contribution in [3.05, 3.63) is 0 Å². The minimum atomic E-state index is -0.954. The molecule has 0 aliphatic carbocycles. The molecule has 0 radical (unpaired) electrons. The quantitative estimate of drug-likeness (QED) is 0.473. The number of ether oxygens (including phenoxy) is 1. The van der Waals surface area contributed by atoms with Crippen molar-refractivity contribution in [1.82, 2.24) is 0 Å². The summed E-state index contributed by atoms with van der Waals surface area (Å²) in [5.41, 5.74) is -0.158. The molecule has 0 fully saturated rings. The van der Waals surface area contributed by atoms with Gasteiger partial charge >= 0.3 is 0 Å². The zero-order valence-electron chi connectivity index (χ0n) is 9.10. The molecule has 14 heavy (non-hydrogen) atoms. The van der Waals surface area contributed by atoms with Crippen molar-refractivity contribution in [3.63, 3.8) is 0 Å². The Hall–Kier alpha value is -0.200. The smallest absolute Gasteiger partial charge is 0.100 e. The maximum atomic E-state index is 8.45. The Kier molecular flexibility index (Phi) is 10.9. The van der Waals surface area contributed by atoms with Gasteiger partial charge in [0.1, 0.15) is 6.10 Å². The van der Waals surface area contributed by atoms with E-state index in [0.29, 0.717) is 6.42 Å². The lowest BCUT2D eigenvalue weighted by Gasteiger charge is -2.20. The van der Waals surface area contributed by atoms with Gasteiger partial charge in [0.2, 0.25) is 0 Å². The molecule has 5 heteroatoms. The van der Waals surface area contributed by atoms with Crippen LogP contribution >= 0.6 is 0 Å². The minimum absolute atomic E-state index is 0.158. The monoisotopic (exact) mass is 210 g/mol. The van der Waals surface area contributed by atoms with Crippen molar-refractivity contribution in [2.75, 3.05) is 26.9 Å². The number of methoxy groups -OCH3 is 1. The van der Waals surface area contributed by atoms with Crippen molar-refractivity contribution >= 4 is 0 Å². The second kappa shape index (κ2) is 9.36. The van der Waals surface area contributed by atoms with E-state index in [1.807, 2.05) is 13.8 Å². The molecule has 0 aliphatic heterocycles. The normalized spacial score (nSPS) is 11.1. The van der Waals surface area contributed by atoms with Gasteiger partial charge in [-0.15, -0.1) is 0 Å². The van der Waals surface area contributed by atoms with Gasteiger partial charge in [0.25, 0.3) is 0 Å². The zero-order chi connectivity index (χ0) is 11.6. The highest BCUT2D eigenvalue weighted by Crippen LogP contribution is 2.10. The van der Waals surface area contributed by atoms with Crippen LogP contribution in [-0.4, -0.2) is 59.1 Å². The average Bonchev–Trinajstić information content (AvgIpc) is 2.17. The van der Waals surface area contributed by atoms with Gasteiger partial charge in [-0.1, -0.05) is 0 Å². The van der Waals surface area contributed by atoms with Crippen LogP contribution in [0.3, 0.4) is 0 Å². The molecule has 5 nitrogen and oxygen atoms in total. The predicted octanol–water partition coefficient (Wildman–Crippen LogP) is -0.874. The van der Waals surface area contributed by atoms with Crippen molar-refractivity contribution in [2.24, 2.45) is 0 Å². The molecule has 0 bridgehead atoms. The van der Waals surface area contributed by atoms with Crippen LogP contribution in [0.25, 0.3) is 0 Å². The molecule has 0 unspecified atom stereocenters. The molecule has 0 atom stereocenters. The van der Waals surface area contributed by atoms with E-state index in [1.165, 1.54) is 0 Å². The van der Waals surface area contributed by atoms with E-state index in [-0.39, 0.29) is 25.4 Å². The highest BCUT2D eigenvalue weighted by molar-refractivity contribution is 4.65. The van der Waals surface area contributed by atoms with E-state index in [4.69, 9.17) is 25.2 Å². The van der Waals surface area contributed by atoms with E-state index in [0.717, 1.165) is 0 Å². The van der Waals surface area contributed by atoms with Crippen LogP contribution in [0.1, 0.15) is 20.3 Å². The Morgan fingerprint density at radius 1 is 1.14 bits per heavy atom. The Morgan fingerprint density at radius 3 is 1.64 bits per heavy atom. The van der Waals surface area contributed by atoms with E-state index < -0.39 is 6.10 Å². The maximum absolute atomic E-state index is 8.45. The van der Waals surface area contributed by atoms with E-state index in [9.17, 15) is 0 Å². The van der Waals surface area contributed by atoms with Crippen LogP contribution in [0.5, 0.6) is 0 Å². The molecule has 0 rings (SSSR count). The number of aliphatic hydroxyl groups is 4. The lowest BCUT2D eigenvalue weighted by Crippen LogP contribution is -2.23. The van der Waals surface area contributed by atoms with Crippen molar-refractivity contribution in [1.29, 1.82) is 0 Å². The molecular weight excluding hydrogens is 188 g/mol. The van der Waals surface area contributed by atoms with Gasteiger partial charge in [-0.3, -0.25) is 0 Å². The van der Waals surface area contributed by atoms with E-state index in [2.05, 4.69) is 0 Å². The molecule has 0 amide bonds. The van der Waals surface area contributed by atoms with Gasteiger partial charge in [-0.25, -0.2) is 0 Å². The number of hydrogen-bond acceptors (Lipinski definition) is 5. The van der Waals surface area contributed by atoms with Gasteiger partial charge in [-0.05, 0) is 20.3 Å². The minimum Gasteiger partial charge on any atom is -0.396 e. The Bertz CT molecular complexity index is 112. The van der Waals surface area contributed by atoms with Gasteiger partial charge in [-0.2, -0.15) is 0 Å². The first-order valence-electron chi connectivity index (χ1n) is 4.49. The van der Waals surface area contributed by atoms with Crippen LogP contribution in [0, 0.1) is 0 Å². The molecule has 0 aromatic carbocycles. The molecule has 0 saturated heterocycles. The topological polar surface area (TPSA) is 90.2 Å². The molecule has 0 aromatic heterocycles.